The third-order valence-electron chi connectivity index (χ3n) is 6.22. The van der Waals surface area contributed by atoms with Gasteiger partial charge in [-0.15, -0.1) is 0 Å². The Kier molecular flexibility index (Phi) is 5.22. The highest BCUT2D eigenvalue weighted by Crippen LogP contribution is 2.47. The smallest absolute Gasteiger partial charge is 0.343 e. The molecule has 0 unspecified atom stereocenters. The Hall–Kier alpha value is -2.95. The minimum atomic E-state index is -0.415. The van der Waals surface area contributed by atoms with Gasteiger partial charge >= 0.3 is 5.63 Å². The summed E-state index contributed by atoms with van der Waals surface area (Å²) in [5, 5.41) is 0.806. The van der Waals surface area contributed by atoms with E-state index < -0.39 is 5.41 Å². The van der Waals surface area contributed by atoms with Gasteiger partial charge in [-0.25, -0.2) is 4.79 Å². The Labute approximate surface area is 176 Å². The van der Waals surface area contributed by atoms with E-state index in [1.807, 2.05) is 26.0 Å². The van der Waals surface area contributed by atoms with Gasteiger partial charge in [-0.3, -0.25) is 0 Å². The Morgan fingerprint density at radius 1 is 1.30 bits per heavy atom. The molecule has 3 aromatic rings. The minimum Gasteiger partial charge on any atom is -0.497 e. The van der Waals surface area contributed by atoms with Gasteiger partial charge in [-0.05, 0) is 57.4 Å². The van der Waals surface area contributed by atoms with Crippen LogP contribution in [0.15, 0.2) is 55.8 Å². The number of furan rings is 1. The lowest BCUT2D eigenvalue weighted by atomic mass is 9.76. The summed E-state index contributed by atoms with van der Waals surface area (Å²) >= 11 is 0. The quantitative estimate of drug-likeness (QED) is 0.386. The van der Waals surface area contributed by atoms with Gasteiger partial charge < -0.3 is 18.3 Å². The molecule has 5 nitrogen and oxygen atoms in total. The van der Waals surface area contributed by atoms with Crippen molar-refractivity contribution >= 4 is 11.0 Å². The number of hydrogen-bond donors (Lipinski definition) is 0. The summed E-state index contributed by atoms with van der Waals surface area (Å²) < 4.78 is 22.7. The second-order valence-electron chi connectivity index (χ2n) is 8.49. The van der Waals surface area contributed by atoms with Crippen LogP contribution in [0.4, 0.5) is 0 Å². The first kappa shape index (κ1) is 20.3. The van der Waals surface area contributed by atoms with Crippen LogP contribution in [0.25, 0.3) is 11.0 Å². The van der Waals surface area contributed by atoms with Gasteiger partial charge in [0, 0.05) is 17.9 Å². The lowest BCUT2D eigenvalue weighted by molar-refractivity contribution is 0.169. The zero-order chi connectivity index (χ0) is 21.5. The number of benzene rings is 1. The lowest BCUT2D eigenvalue weighted by Crippen LogP contribution is -2.35. The average molecular weight is 408 g/mol. The zero-order valence-electron chi connectivity index (χ0n) is 18.2. The van der Waals surface area contributed by atoms with Crippen molar-refractivity contribution in [1.29, 1.82) is 0 Å². The van der Waals surface area contributed by atoms with Crippen LogP contribution in [0.5, 0.6) is 11.5 Å². The van der Waals surface area contributed by atoms with Crippen molar-refractivity contribution in [2.24, 2.45) is 0 Å². The molecule has 30 heavy (non-hydrogen) atoms. The van der Waals surface area contributed by atoms with Crippen LogP contribution in [-0.4, -0.2) is 13.2 Å². The fraction of sp³-hybridized carbons (Fsp3) is 0.400. The molecule has 1 aliphatic heterocycles. The summed E-state index contributed by atoms with van der Waals surface area (Å²) in [6, 6.07) is 7.54. The summed E-state index contributed by atoms with van der Waals surface area (Å²) in [6.07, 6.45) is 6.31. The van der Waals surface area contributed by atoms with Crippen molar-refractivity contribution in [3.05, 3.63) is 69.5 Å². The minimum absolute atomic E-state index is 0.121. The SMILES string of the molecule is COc1ccc2c3c(c(=O)oc2c1)[C@](C)(CC/C=C(\C)Cc1cc(C)co1)[C@@H](C)O3. The van der Waals surface area contributed by atoms with E-state index in [2.05, 4.69) is 26.0 Å². The number of ether oxygens (including phenoxy) is 2. The predicted octanol–water partition coefficient (Wildman–Crippen LogP) is 5.71. The van der Waals surface area contributed by atoms with Gasteiger partial charge in [0.2, 0.25) is 0 Å². The molecule has 4 rings (SSSR count). The highest BCUT2D eigenvalue weighted by Gasteiger charge is 2.46. The zero-order valence-corrected chi connectivity index (χ0v) is 18.2. The first-order valence-electron chi connectivity index (χ1n) is 10.3. The molecule has 5 heteroatoms. The van der Waals surface area contributed by atoms with E-state index >= 15 is 0 Å². The van der Waals surface area contributed by atoms with Gasteiger partial charge in [-0.2, -0.15) is 0 Å². The summed E-state index contributed by atoms with van der Waals surface area (Å²) in [4.78, 5) is 12.9. The van der Waals surface area contributed by atoms with E-state index in [0.29, 0.717) is 22.6 Å². The van der Waals surface area contributed by atoms with Crippen LogP contribution in [0, 0.1) is 6.92 Å². The van der Waals surface area contributed by atoms with Crippen molar-refractivity contribution < 1.29 is 18.3 Å². The third-order valence-corrected chi connectivity index (χ3v) is 6.22. The van der Waals surface area contributed by atoms with E-state index in [1.165, 1.54) is 5.57 Å². The first-order valence-corrected chi connectivity index (χ1v) is 10.3. The van der Waals surface area contributed by atoms with Crippen LogP contribution in [0.3, 0.4) is 0 Å². The highest BCUT2D eigenvalue weighted by molar-refractivity contribution is 5.86. The number of methoxy groups -OCH3 is 1. The molecule has 0 bridgehead atoms. The van der Waals surface area contributed by atoms with Crippen LogP contribution in [0.1, 0.15) is 50.5 Å². The van der Waals surface area contributed by atoms with Crippen LogP contribution < -0.4 is 15.1 Å². The molecule has 0 spiro atoms. The molecule has 0 fully saturated rings. The molecule has 0 radical (unpaired) electrons. The Morgan fingerprint density at radius 3 is 2.80 bits per heavy atom. The van der Waals surface area contributed by atoms with E-state index in [0.717, 1.165) is 36.0 Å². The predicted molar refractivity (Wildman–Crippen MR) is 117 cm³/mol. The number of allylic oxidation sites excluding steroid dienone is 2. The Morgan fingerprint density at radius 2 is 2.10 bits per heavy atom. The highest BCUT2D eigenvalue weighted by atomic mass is 16.5. The molecule has 158 valence electrons. The van der Waals surface area contributed by atoms with Gasteiger partial charge in [0.25, 0.3) is 0 Å². The number of aryl methyl sites for hydroxylation is 1. The molecule has 1 aromatic carbocycles. The second kappa shape index (κ2) is 7.71. The third kappa shape index (κ3) is 3.53. The molecule has 0 amide bonds. The number of fused-ring (bicyclic) bond motifs is 3. The van der Waals surface area contributed by atoms with Gasteiger partial charge in [-0.1, -0.05) is 18.6 Å². The normalized spacial score (nSPS) is 21.0. The molecule has 0 N–H and O–H groups in total. The van der Waals surface area contributed by atoms with Crippen LogP contribution >= 0.6 is 0 Å². The molecule has 3 heterocycles. The first-order chi connectivity index (χ1) is 14.3. The Bertz CT molecular complexity index is 1170. The molecule has 2 aromatic heterocycles. The van der Waals surface area contributed by atoms with E-state index in [4.69, 9.17) is 18.3 Å². The van der Waals surface area contributed by atoms with Crippen molar-refractivity contribution in [2.45, 2.75) is 58.5 Å². The molecule has 0 saturated heterocycles. The monoisotopic (exact) mass is 408 g/mol. The van der Waals surface area contributed by atoms with Gasteiger partial charge in [0.05, 0.1) is 24.3 Å². The van der Waals surface area contributed by atoms with Crippen LogP contribution in [-0.2, 0) is 11.8 Å². The lowest BCUT2D eigenvalue weighted by Gasteiger charge is -2.26. The fourth-order valence-electron chi connectivity index (χ4n) is 4.28. The summed E-state index contributed by atoms with van der Waals surface area (Å²) in [7, 11) is 1.59. The number of hydrogen-bond acceptors (Lipinski definition) is 5. The topological polar surface area (TPSA) is 61.8 Å². The van der Waals surface area contributed by atoms with E-state index in [-0.39, 0.29) is 11.7 Å². The van der Waals surface area contributed by atoms with Crippen molar-refractivity contribution in [3.8, 4) is 11.5 Å². The largest absolute Gasteiger partial charge is 0.497 e. The molecule has 0 saturated carbocycles. The maximum absolute atomic E-state index is 12.9. The van der Waals surface area contributed by atoms with Gasteiger partial charge in [0.1, 0.15) is 28.9 Å². The molecule has 1 aliphatic rings. The maximum atomic E-state index is 12.9. The summed E-state index contributed by atoms with van der Waals surface area (Å²) in [6.45, 7) is 8.25. The maximum Gasteiger partial charge on any atom is 0.343 e. The fourth-order valence-corrected chi connectivity index (χ4v) is 4.28. The van der Waals surface area contributed by atoms with E-state index in [9.17, 15) is 4.79 Å². The Balaban J connectivity index is 1.60. The molecule has 0 aliphatic carbocycles. The van der Waals surface area contributed by atoms with E-state index in [1.54, 1.807) is 19.4 Å². The summed E-state index contributed by atoms with van der Waals surface area (Å²) in [5.74, 6) is 2.26. The van der Waals surface area contributed by atoms with Crippen molar-refractivity contribution in [1.82, 2.24) is 0 Å². The standard InChI is InChI=1S/C25H28O5/c1-15(11-19-12-16(2)14-28-19)7-6-10-25(4)17(3)29-23-20-9-8-18(27-5)13-21(20)30-24(26)22(23)25/h7-9,12-14,17H,6,10-11H2,1-5H3/b15-7+/t17-,25-/m1/s1. The molecule has 2 atom stereocenters. The van der Waals surface area contributed by atoms with Crippen molar-refractivity contribution in [2.75, 3.05) is 7.11 Å². The average Bonchev–Trinajstić information content (AvgIpc) is 3.22. The second-order valence-corrected chi connectivity index (χ2v) is 8.49. The molecular formula is C25H28O5. The summed E-state index contributed by atoms with van der Waals surface area (Å²) in [5.41, 5.74) is 2.76. The van der Waals surface area contributed by atoms with Gasteiger partial charge in [0.15, 0.2) is 0 Å². The van der Waals surface area contributed by atoms with Crippen molar-refractivity contribution in [3.63, 3.8) is 0 Å². The van der Waals surface area contributed by atoms with Crippen LogP contribution in [0.2, 0.25) is 0 Å². The number of rotatable bonds is 6. The molecular weight excluding hydrogens is 380 g/mol.